The predicted molar refractivity (Wildman–Crippen MR) is 82.1 cm³/mol. The number of rotatable bonds is 5. The molecule has 5 nitrogen and oxygen atoms in total. The van der Waals surface area contributed by atoms with Crippen molar-refractivity contribution in [3.63, 3.8) is 0 Å². The summed E-state index contributed by atoms with van der Waals surface area (Å²) in [5.74, 6) is 1.65. The molecule has 1 fully saturated rings. The largest absolute Gasteiger partial charge is 0.348 e. The van der Waals surface area contributed by atoms with Gasteiger partial charge in [-0.1, -0.05) is 54.8 Å². The van der Waals surface area contributed by atoms with Crippen molar-refractivity contribution in [2.75, 3.05) is 0 Å². The summed E-state index contributed by atoms with van der Waals surface area (Å²) in [7, 11) is 0. The Hall–Kier alpha value is -2.17. The van der Waals surface area contributed by atoms with Gasteiger partial charge in [0.15, 0.2) is 5.82 Å². The summed E-state index contributed by atoms with van der Waals surface area (Å²) in [4.78, 5) is 16.3. The maximum absolute atomic E-state index is 11.9. The summed E-state index contributed by atoms with van der Waals surface area (Å²) in [5, 5.41) is 6.81. The average Bonchev–Trinajstić information content (AvgIpc) is 3.04. The van der Waals surface area contributed by atoms with E-state index in [1.54, 1.807) is 0 Å². The zero-order valence-corrected chi connectivity index (χ0v) is 12.6. The van der Waals surface area contributed by atoms with Gasteiger partial charge >= 0.3 is 0 Å². The lowest BCUT2D eigenvalue weighted by atomic mass is 9.89. The van der Waals surface area contributed by atoms with Crippen molar-refractivity contribution in [2.24, 2.45) is 0 Å². The number of nitrogens with one attached hydrogen (secondary N) is 1. The van der Waals surface area contributed by atoms with Gasteiger partial charge in [0.05, 0.1) is 13.0 Å². The van der Waals surface area contributed by atoms with Gasteiger partial charge in [-0.15, -0.1) is 0 Å². The summed E-state index contributed by atoms with van der Waals surface area (Å²) < 4.78 is 5.34. The van der Waals surface area contributed by atoms with E-state index in [4.69, 9.17) is 4.52 Å². The summed E-state index contributed by atoms with van der Waals surface area (Å²) in [5.41, 5.74) is 0.996. The minimum atomic E-state index is -0.0322. The van der Waals surface area contributed by atoms with Crippen molar-refractivity contribution in [3.8, 4) is 0 Å². The van der Waals surface area contributed by atoms with Crippen LogP contribution in [-0.4, -0.2) is 16.0 Å². The predicted octanol–water partition coefficient (Wildman–Crippen LogP) is 2.98. The van der Waals surface area contributed by atoms with E-state index in [9.17, 15) is 4.79 Å². The Kier molecular flexibility index (Phi) is 4.83. The fraction of sp³-hybridized carbons (Fsp3) is 0.471. The Morgan fingerprint density at radius 3 is 2.73 bits per heavy atom. The second-order valence-electron chi connectivity index (χ2n) is 5.82. The molecule has 1 aromatic carbocycles. The third-order valence-corrected chi connectivity index (χ3v) is 4.09. The van der Waals surface area contributed by atoms with Crippen molar-refractivity contribution < 1.29 is 9.32 Å². The summed E-state index contributed by atoms with van der Waals surface area (Å²) >= 11 is 0. The molecule has 1 aliphatic rings. The molecule has 1 aliphatic carbocycles. The van der Waals surface area contributed by atoms with Crippen LogP contribution in [0.15, 0.2) is 34.9 Å². The number of amides is 1. The van der Waals surface area contributed by atoms with Gasteiger partial charge in [-0.25, -0.2) is 0 Å². The first-order chi connectivity index (χ1) is 10.8. The molecule has 0 saturated heterocycles. The number of aromatic nitrogens is 2. The lowest BCUT2D eigenvalue weighted by molar-refractivity contribution is -0.120. The van der Waals surface area contributed by atoms with Crippen LogP contribution in [0, 0.1) is 0 Å². The molecule has 3 rings (SSSR count). The fourth-order valence-electron chi connectivity index (χ4n) is 2.88. The molecule has 0 radical (unpaired) electrons. The van der Waals surface area contributed by atoms with Crippen molar-refractivity contribution in [1.82, 2.24) is 15.5 Å². The van der Waals surface area contributed by atoms with E-state index in [1.165, 1.54) is 19.3 Å². The third-order valence-electron chi connectivity index (χ3n) is 4.09. The number of hydrogen-bond acceptors (Lipinski definition) is 4. The molecular formula is C17H21N3O2. The Labute approximate surface area is 130 Å². The molecule has 5 heteroatoms. The van der Waals surface area contributed by atoms with Crippen molar-refractivity contribution in [1.29, 1.82) is 0 Å². The van der Waals surface area contributed by atoms with Gasteiger partial charge in [0, 0.05) is 5.92 Å². The number of hydrogen-bond donors (Lipinski definition) is 1. The monoisotopic (exact) mass is 299 g/mol. The molecule has 1 saturated carbocycles. The van der Waals surface area contributed by atoms with Gasteiger partial charge in [0.25, 0.3) is 0 Å². The van der Waals surface area contributed by atoms with E-state index in [0.717, 1.165) is 24.3 Å². The Morgan fingerprint density at radius 2 is 1.95 bits per heavy atom. The van der Waals surface area contributed by atoms with E-state index < -0.39 is 0 Å². The molecule has 1 amide bonds. The molecule has 22 heavy (non-hydrogen) atoms. The molecule has 0 spiro atoms. The zero-order valence-electron chi connectivity index (χ0n) is 12.6. The highest BCUT2D eigenvalue weighted by Gasteiger charge is 2.21. The quantitative estimate of drug-likeness (QED) is 0.921. The van der Waals surface area contributed by atoms with E-state index >= 15 is 0 Å². The topological polar surface area (TPSA) is 68.0 Å². The molecule has 1 N–H and O–H groups in total. The lowest BCUT2D eigenvalue weighted by Gasteiger charge is -2.17. The van der Waals surface area contributed by atoms with Crippen LogP contribution < -0.4 is 5.32 Å². The zero-order chi connectivity index (χ0) is 15.2. The highest BCUT2D eigenvalue weighted by molar-refractivity contribution is 5.78. The van der Waals surface area contributed by atoms with E-state index in [-0.39, 0.29) is 5.91 Å². The molecule has 0 unspecified atom stereocenters. The molecule has 1 aromatic heterocycles. The van der Waals surface area contributed by atoms with Crippen molar-refractivity contribution in [3.05, 3.63) is 47.6 Å². The van der Waals surface area contributed by atoms with Crippen LogP contribution in [0.4, 0.5) is 0 Å². The fourth-order valence-corrected chi connectivity index (χ4v) is 2.88. The molecule has 0 aliphatic heterocycles. The SMILES string of the molecule is O=C(Cc1ccccc1)NCc1noc(C2CCCCC2)n1. The van der Waals surface area contributed by atoms with Crippen molar-refractivity contribution >= 4 is 5.91 Å². The highest BCUT2D eigenvalue weighted by atomic mass is 16.5. The van der Waals surface area contributed by atoms with Crippen LogP contribution in [0.25, 0.3) is 0 Å². The van der Waals surface area contributed by atoms with Gasteiger partial charge in [-0.2, -0.15) is 4.98 Å². The van der Waals surface area contributed by atoms with Gasteiger partial charge < -0.3 is 9.84 Å². The van der Waals surface area contributed by atoms with Crippen LogP contribution in [0.1, 0.15) is 55.3 Å². The molecule has 1 heterocycles. The molecule has 2 aromatic rings. The minimum absolute atomic E-state index is 0.0322. The van der Waals surface area contributed by atoms with Crippen LogP contribution in [0.3, 0.4) is 0 Å². The van der Waals surface area contributed by atoms with Gasteiger partial charge in [0.1, 0.15) is 0 Å². The van der Waals surface area contributed by atoms with E-state index in [2.05, 4.69) is 15.5 Å². The second-order valence-corrected chi connectivity index (χ2v) is 5.82. The Bertz CT molecular complexity index is 603. The molecular weight excluding hydrogens is 278 g/mol. The Morgan fingerprint density at radius 1 is 1.18 bits per heavy atom. The van der Waals surface area contributed by atoms with E-state index in [0.29, 0.717) is 24.7 Å². The molecule has 0 atom stereocenters. The molecule has 116 valence electrons. The third kappa shape index (κ3) is 3.93. The second kappa shape index (κ2) is 7.20. The highest BCUT2D eigenvalue weighted by Crippen LogP contribution is 2.31. The van der Waals surface area contributed by atoms with Crippen LogP contribution in [-0.2, 0) is 17.8 Å². The van der Waals surface area contributed by atoms with E-state index in [1.807, 2.05) is 30.3 Å². The smallest absolute Gasteiger partial charge is 0.229 e. The van der Waals surface area contributed by atoms with Crippen LogP contribution >= 0.6 is 0 Å². The summed E-state index contributed by atoms with van der Waals surface area (Å²) in [6.07, 6.45) is 6.39. The average molecular weight is 299 g/mol. The van der Waals surface area contributed by atoms with Gasteiger partial charge in [-0.3, -0.25) is 4.79 Å². The summed E-state index contributed by atoms with van der Waals surface area (Å²) in [6, 6.07) is 9.67. The number of benzene rings is 1. The maximum Gasteiger partial charge on any atom is 0.229 e. The lowest BCUT2D eigenvalue weighted by Crippen LogP contribution is -2.25. The number of carbonyl (C=O) groups excluding carboxylic acids is 1. The first-order valence-electron chi connectivity index (χ1n) is 7.94. The van der Waals surface area contributed by atoms with Gasteiger partial charge in [0.2, 0.25) is 11.8 Å². The maximum atomic E-state index is 11.9. The van der Waals surface area contributed by atoms with Crippen LogP contribution in [0.5, 0.6) is 0 Å². The Balaban J connectivity index is 1.49. The first-order valence-corrected chi connectivity index (χ1v) is 7.94. The number of carbonyl (C=O) groups is 1. The number of nitrogens with zero attached hydrogens (tertiary/aromatic N) is 2. The van der Waals surface area contributed by atoms with Gasteiger partial charge in [-0.05, 0) is 18.4 Å². The van der Waals surface area contributed by atoms with Crippen LogP contribution in [0.2, 0.25) is 0 Å². The first kappa shape index (κ1) is 14.8. The standard InChI is InChI=1S/C17H21N3O2/c21-16(11-13-7-3-1-4-8-13)18-12-15-19-17(22-20-15)14-9-5-2-6-10-14/h1,3-4,7-8,14H,2,5-6,9-12H2,(H,18,21). The molecule has 0 bridgehead atoms. The minimum Gasteiger partial charge on any atom is -0.348 e. The normalized spacial score (nSPS) is 15.6. The van der Waals surface area contributed by atoms with Crippen molar-refractivity contribution in [2.45, 2.75) is 51.0 Å². The summed E-state index contributed by atoms with van der Waals surface area (Å²) in [6.45, 7) is 0.321.